The Morgan fingerprint density at radius 2 is 2.20 bits per heavy atom. The van der Waals surface area contributed by atoms with E-state index in [2.05, 4.69) is 15.6 Å². The van der Waals surface area contributed by atoms with Gasteiger partial charge in [0.2, 0.25) is 0 Å². The fourth-order valence-corrected chi connectivity index (χ4v) is 0.818. The molecule has 0 fully saturated rings. The number of hydrogen-bond donors (Lipinski definition) is 2. The van der Waals surface area contributed by atoms with Crippen LogP contribution in [0.4, 0.5) is 0 Å². The summed E-state index contributed by atoms with van der Waals surface area (Å²) in [6, 6.07) is 0. The van der Waals surface area contributed by atoms with Gasteiger partial charge in [0, 0.05) is 0 Å². The molecule has 0 aliphatic heterocycles. The van der Waals surface area contributed by atoms with E-state index >= 15 is 0 Å². The van der Waals surface area contributed by atoms with E-state index in [0.29, 0.717) is 0 Å². The summed E-state index contributed by atoms with van der Waals surface area (Å²) in [6.45, 7) is 3.62. The van der Waals surface area contributed by atoms with Gasteiger partial charge in [-0.3, -0.25) is 0 Å². The third-order valence-corrected chi connectivity index (χ3v) is 1.37. The fraction of sp³-hybridized carbons (Fsp3) is 0.600. The molecular weight excluding hydrogens is 155 g/mol. The molecule has 0 rings (SSSR count). The molecule has 10 heavy (non-hydrogen) atoms. The van der Waals surface area contributed by atoms with Crippen molar-refractivity contribution in [3.8, 4) is 0 Å². The summed E-state index contributed by atoms with van der Waals surface area (Å²) in [7, 11) is -1.82. The standard InChI is InChI=1S/C5H11O4P/c1-2-4-8-10(7)9-5-3-6/h2,6-7H,1,3-5H2. The Kier molecular flexibility index (Phi) is 7.13. The zero-order valence-electron chi connectivity index (χ0n) is 5.56. The summed E-state index contributed by atoms with van der Waals surface area (Å²) in [4.78, 5) is 8.77. The van der Waals surface area contributed by atoms with E-state index in [4.69, 9.17) is 10.00 Å². The Morgan fingerprint density at radius 3 is 2.70 bits per heavy atom. The highest BCUT2D eigenvalue weighted by atomic mass is 31.2. The molecule has 1 unspecified atom stereocenters. The van der Waals surface area contributed by atoms with E-state index in [-0.39, 0.29) is 19.8 Å². The van der Waals surface area contributed by atoms with Gasteiger partial charge >= 0.3 is 8.60 Å². The maximum absolute atomic E-state index is 8.77. The molecule has 0 aliphatic carbocycles. The molecule has 2 N–H and O–H groups in total. The van der Waals surface area contributed by atoms with Gasteiger partial charge in [0.15, 0.2) is 0 Å². The predicted molar refractivity (Wildman–Crippen MR) is 38.3 cm³/mol. The van der Waals surface area contributed by atoms with Gasteiger partial charge in [-0.05, 0) is 0 Å². The van der Waals surface area contributed by atoms with Gasteiger partial charge in [-0.2, -0.15) is 0 Å². The Morgan fingerprint density at radius 1 is 1.50 bits per heavy atom. The van der Waals surface area contributed by atoms with Crippen molar-refractivity contribution >= 4 is 8.60 Å². The van der Waals surface area contributed by atoms with Crippen LogP contribution in [0.1, 0.15) is 0 Å². The van der Waals surface area contributed by atoms with Crippen molar-refractivity contribution in [2.45, 2.75) is 0 Å². The van der Waals surface area contributed by atoms with Crippen molar-refractivity contribution < 1.29 is 19.0 Å². The summed E-state index contributed by atoms with van der Waals surface area (Å²) in [5.41, 5.74) is 0. The first kappa shape index (κ1) is 10.0. The number of hydrogen-bond acceptors (Lipinski definition) is 4. The monoisotopic (exact) mass is 166 g/mol. The number of aliphatic hydroxyl groups is 1. The maximum atomic E-state index is 8.77. The molecule has 0 bridgehead atoms. The lowest BCUT2D eigenvalue weighted by Crippen LogP contribution is -1.96. The minimum atomic E-state index is -1.82. The second kappa shape index (κ2) is 7.12. The molecule has 0 radical (unpaired) electrons. The van der Waals surface area contributed by atoms with Crippen molar-refractivity contribution in [3.63, 3.8) is 0 Å². The van der Waals surface area contributed by atoms with Crippen LogP contribution in [0.3, 0.4) is 0 Å². The molecule has 4 nitrogen and oxygen atoms in total. The van der Waals surface area contributed by atoms with Crippen LogP contribution in [-0.2, 0) is 9.05 Å². The highest BCUT2D eigenvalue weighted by Gasteiger charge is 2.02. The lowest BCUT2D eigenvalue weighted by atomic mass is 10.7. The van der Waals surface area contributed by atoms with Gasteiger partial charge in [-0.1, -0.05) is 6.08 Å². The topological polar surface area (TPSA) is 58.9 Å². The normalized spacial score (nSPS) is 13.0. The van der Waals surface area contributed by atoms with Crippen LogP contribution in [0.5, 0.6) is 0 Å². The van der Waals surface area contributed by atoms with Crippen LogP contribution < -0.4 is 0 Å². The van der Waals surface area contributed by atoms with Gasteiger partial charge < -0.3 is 19.0 Å². The van der Waals surface area contributed by atoms with Crippen LogP contribution >= 0.6 is 8.60 Å². The van der Waals surface area contributed by atoms with E-state index in [0.717, 1.165) is 0 Å². The first-order valence-electron chi connectivity index (χ1n) is 2.78. The molecule has 0 aromatic rings. The van der Waals surface area contributed by atoms with Crippen molar-refractivity contribution in [1.29, 1.82) is 0 Å². The molecule has 0 saturated carbocycles. The number of aliphatic hydroxyl groups excluding tert-OH is 1. The van der Waals surface area contributed by atoms with Gasteiger partial charge in [0.1, 0.15) is 0 Å². The van der Waals surface area contributed by atoms with E-state index in [9.17, 15) is 0 Å². The SMILES string of the molecule is C=CCOP(O)OCCO. The minimum Gasteiger partial charge on any atom is -0.394 e. The molecule has 0 amide bonds. The van der Waals surface area contributed by atoms with Crippen molar-refractivity contribution in [2.24, 2.45) is 0 Å². The maximum Gasteiger partial charge on any atom is 0.330 e. The second-order valence-electron chi connectivity index (χ2n) is 1.38. The van der Waals surface area contributed by atoms with Gasteiger partial charge in [0.05, 0.1) is 19.8 Å². The molecule has 60 valence electrons. The molecule has 5 heteroatoms. The van der Waals surface area contributed by atoms with E-state index < -0.39 is 8.60 Å². The largest absolute Gasteiger partial charge is 0.394 e. The van der Waals surface area contributed by atoms with Crippen molar-refractivity contribution in [3.05, 3.63) is 12.7 Å². The van der Waals surface area contributed by atoms with Gasteiger partial charge in [0.25, 0.3) is 0 Å². The highest BCUT2D eigenvalue weighted by molar-refractivity contribution is 7.40. The quantitative estimate of drug-likeness (QED) is 0.443. The predicted octanol–water partition coefficient (Wildman–Crippen LogP) is 0.417. The summed E-state index contributed by atoms with van der Waals surface area (Å²) in [5, 5.41) is 8.24. The van der Waals surface area contributed by atoms with Crippen molar-refractivity contribution in [2.75, 3.05) is 19.8 Å². The molecule has 0 saturated heterocycles. The Labute approximate surface area is 61.1 Å². The van der Waals surface area contributed by atoms with Crippen LogP contribution in [-0.4, -0.2) is 29.8 Å². The van der Waals surface area contributed by atoms with Crippen molar-refractivity contribution in [1.82, 2.24) is 0 Å². The molecule has 0 heterocycles. The summed E-state index contributed by atoms with van der Waals surface area (Å²) < 4.78 is 9.26. The number of rotatable bonds is 6. The fourth-order valence-electron chi connectivity index (χ4n) is 0.273. The molecule has 0 aliphatic rings. The zero-order valence-corrected chi connectivity index (χ0v) is 6.46. The summed E-state index contributed by atoms with van der Waals surface area (Å²) in [6.07, 6.45) is 1.51. The lowest BCUT2D eigenvalue weighted by Gasteiger charge is -2.06. The Bertz CT molecular complexity index is 87.7. The first-order chi connectivity index (χ1) is 4.81. The second-order valence-corrected chi connectivity index (χ2v) is 2.37. The van der Waals surface area contributed by atoms with Gasteiger partial charge in [-0.25, -0.2) is 0 Å². The molecule has 0 aromatic heterocycles. The average Bonchev–Trinajstić information content (AvgIpc) is 1.97. The third-order valence-electron chi connectivity index (χ3n) is 0.596. The van der Waals surface area contributed by atoms with Crippen LogP contribution in [0.15, 0.2) is 12.7 Å². The zero-order chi connectivity index (χ0) is 7.82. The average molecular weight is 166 g/mol. The minimum absolute atomic E-state index is 0.0966. The molecular formula is C5H11O4P. The molecule has 0 aromatic carbocycles. The summed E-state index contributed by atoms with van der Waals surface area (Å²) in [5.74, 6) is 0. The van der Waals surface area contributed by atoms with E-state index in [1.54, 1.807) is 0 Å². The summed E-state index contributed by atoms with van der Waals surface area (Å²) >= 11 is 0. The molecule has 1 atom stereocenters. The van der Waals surface area contributed by atoms with Crippen LogP contribution in [0, 0.1) is 0 Å². The van der Waals surface area contributed by atoms with E-state index in [1.807, 2.05) is 0 Å². The van der Waals surface area contributed by atoms with Gasteiger partial charge in [-0.15, -0.1) is 6.58 Å². The first-order valence-corrected chi connectivity index (χ1v) is 3.91. The van der Waals surface area contributed by atoms with E-state index in [1.165, 1.54) is 6.08 Å². The Balaban J connectivity index is 3.07. The van der Waals surface area contributed by atoms with Crippen LogP contribution in [0.2, 0.25) is 0 Å². The Hall–Kier alpha value is 0.0100. The smallest absolute Gasteiger partial charge is 0.330 e. The molecule has 0 spiro atoms. The highest BCUT2D eigenvalue weighted by Crippen LogP contribution is 2.31. The van der Waals surface area contributed by atoms with Crippen LogP contribution in [0.25, 0.3) is 0 Å². The lowest BCUT2D eigenvalue weighted by molar-refractivity contribution is 0.165. The third kappa shape index (κ3) is 6.13.